The highest BCUT2D eigenvalue weighted by atomic mass is 35.5. The molecule has 0 N–H and O–H groups in total. The van der Waals surface area contributed by atoms with E-state index in [0.717, 1.165) is 5.70 Å². The van der Waals surface area contributed by atoms with E-state index in [1.807, 2.05) is 0 Å². The summed E-state index contributed by atoms with van der Waals surface area (Å²) in [6.45, 7) is 0. The maximum absolute atomic E-state index is 5.73. The van der Waals surface area contributed by atoms with Crippen molar-refractivity contribution in [3.63, 3.8) is 0 Å². The highest BCUT2D eigenvalue weighted by molar-refractivity contribution is 6.76. The van der Waals surface area contributed by atoms with E-state index in [0.29, 0.717) is 15.9 Å². The van der Waals surface area contributed by atoms with Gasteiger partial charge in [-0.3, -0.25) is 4.99 Å². The number of allylic oxidation sites excluding steroid dienone is 2. The molecule has 0 atom stereocenters. The van der Waals surface area contributed by atoms with Crippen molar-refractivity contribution in [2.75, 3.05) is 0 Å². The lowest BCUT2D eigenvalue weighted by atomic mass is 10.4. The molecule has 2 aliphatic heterocycles. The van der Waals surface area contributed by atoms with E-state index < -0.39 is 0 Å². The molecule has 0 saturated carbocycles. The molecular formula is C6H2Cl2N2. The molecule has 0 fully saturated rings. The molecule has 2 heterocycles. The van der Waals surface area contributed by atoms with E-state index >= 15 is 0 Å². The zero-order chi connectivity index (χ0) is 7.14. The van der Waals surface area contributed by atoms with Gasteiger partial charge in [-0.2, -0.15) is 0 Å². The third-order valence-electron chi connectivity index (χ3n) is 1.29. The fraction of sp³-hybridized carbons (Fsp3) is 0. The Labute approximate surface area is 67.6 Å². The van der Waals surface area contributed by atoms with Gasteiger partial charge in [-0.25, -0.2) is 4.99 Å². The molecule has 0 unspecified atom stereocenters. The van der Waals surface area contributed by atoms with E-state index in [4.69, 9.17) is 23.2 Å². The monoisotopic (exact) mass is 172 g/mol. The molecule has 50 valence electrons. The summed E-state index contributed by atoms with van der Waals surface area (Å²) in [6, 6.07) is 0. The van der Waals surface area contributed by atoms with Crippen LogP contribution in [-0.2, 0) is 0 Å². The molecule has 10 heavy (non-hydrogen) atoms. The zero-order valence-corrected chi connectivity index (χ0v) is 6.32. The minimum absolute atomic E-state index is 0.333. The van der Waals surface area contributed by atoms with Crippen molar-refractivity contribution in [3.8, 4) is 0 Å². The fourth-order valence-electron chi connectivity index (χ4n) is 0.839. The molecule has 0 aliphatic carbocycles. The largest absolute Gasteiger partial charge is 0.253 e. The third-order valence-corrected chi connectivity index (χ3v) is 2.01. The van der Waals surface area contributed by atoms with Gasteiger partial charge in [-0.1, -0.05) is 23.2 Å². The molecule has 0 saturated heterocycles. The Kier molecular flexibility index (Phi) is 1.19. The molecule has 0 aromatic heterocycles. The number of aliphatic imine (C=N–C) groups is 2. The second-order valence-corrected chi connectivity index (χ2v) is 2.63. The molecule has 0 aromatic rings. The summed E-state index contributed by atoms with van der Waals surface area (Å²) in [7, 11) is 0. The van der Waals surface area contributed by atoms with Crippen LogP contribution >= 0.6 is 23.2 Å². The molecule has 0 amide bonds. The normalized spacial score (nSPS) is 21.4. The summed E-state index contributed by atoms with van der Waals surface area (Å²) < 4.78 is 0. The number of halogens is 2. The second kappa shape index (κ2) is 1.94. The summed E-state index contributed by atoms with van der Waals surface area (Å²) in [6.07, 6.45) is 3.42. The first-order chi connectivity index (χ1) is 4.79. The Morgan fingerprint density at radius 3 is 2.80 bits per heavy atom. The van der Waals surface area contributed by atoms with Crippen molar-refractivity contribution in [1.82, 2.24) is 0 Å². The minimum atomic E-state index is 0.333. The van der Waals surface area contributed by atoms with Crippen LogP contribution in [-0.4, -0.2) is 11.4 Å². The van der Waals surface area contributed by atoms with E-state index in [1.165, 1.54) is 0 Å². The van der Waals surface area contributed by atoms with Gasteiger partial charge in [0.2, 0.25) is 0 Å². The molecule has 2 rings (SSSR count). The Hall–Kier alpha value is -0.600. The predicted octanol–water partition coefficient (Wildman–Crippen LogP) is 2.06. The van der Waals surface area contributed by atoms with Crippen LogP contribution in [0.15, 0.2) is 32.5 Å². The SMILES string of the molecule is ClC1=NC2=CC=NC2=C1Cl. The molecular weight excluding hydrogens is 171 g/mol. The van der Waals surface area contributed by atoms with E-state index in [1.54, 1.807) is 12.3 Å². The molecule has 2 aliphatic rings. The van der Waals surface area contributed by atoms with Crippen LogP contribution in [0.1, 0.15) is 0 Å². The summed E-state index contributed by atoms with van der Waals surface area (Å²) in [5.74, 6) is 0. The van der Waals surface area contributed by atoms with E-state index in [-0.39, 0.29) is 0 Å². The van der Waals surface area contributed by atoms with Gasteiger partial charge in [-0.15, -0.1) is 0 Å². The van der Waals surface area contributed by atoms with E-state index in [9.17, 15) is 0 Å². The Balaban J connectivity index is 2.61. The first-order valence-corrected chi connectivity index (χ1v) is 3.43. The molecule has 0 radical (unpaired) electrons. The average Bonchev–Trinajstić information content (AvgIpc) is 2.41. The molecule has 0 aromatic carbocycles. The van der Waals surface area contributed by atoms with Gasteiger partial charge in [0.1, 0.15) is 10.7 Å². The van der Waals surface area contributed by atoms with Gasteiger partial charge in [0.15, 0.2) is 5.17 Å². The number of hydrogen-bond acceptors (Lipinski definition) is 2. The highest BCUT2D eigenvalue weighted by Crippen LogP contribution is 2.32. The van der Waals surface area contributed by atoms with E-state index in [2.05, 4.69) is 9.98 Å². The summed E-state index contributed by atoms with van der Waals surface area (Å²) in [5.41, 5.74) is 1.45. The standard InChI is InChI=1S/C6H2Cl2N2/c7-4-5-3(1-2-9-5)10-6(4)8/h1-2H. The van der Waals surface area contributed by atoms with Crippen LogP contribution in [0.3, 0.4) is 0 Å². The van der Waals surface area contributed by atoms with Crippen LogP contribution in [0.5, 0.6) is 0 Å². The summed E-state index contributed by atoms with van der Waals surface area (Å²) in [5, 5.41) is 0.779. The van der Waals surface area contributed by atoms with Crippen LogP contribution in [0.25, 0.3) is 0 Å². The predicted molar refractivity (Wildman–Crippen MR) is 42.7 cm³/mol. The maximum atomic E-state index is 5.73. The Morgan fingerprint density at radius 1 is 1.30 bits per heavy atom. The van der Waals surface area contributed by atoms with Crippen molar-refractivity contribution in [2.24, 2.45) is 9.98 Å². The zero-order valence-electron chi connectivity index (χ0n) is 4.81. The first kappa shape index (κ1) is 6.13. The minimum Gasteiger partial charge on any atom is -0.253 e. The van der Waals surface area contributed by atoms with Crippen molar-refractivity contribution >= 4 is 34.6 Å². The molecule has 2 nitrogen and oxygen atoms in total. The van der Waals surface area contributed by atoms with Gasteiger partial charge in [0.25, 0.3) is 0 Å². The average molecular weight is 173 g/mol. The van der Waals surface area contributed by atoms with Gasteiger partial charge < -0.3 is 0 Å². The number of nitrogens with zero attached hydrogens (tertiary/aromatic N) is 2. The molecule has 4 heteroatoms. The van der Waals surface area contributed by atoms with Crippen LogP contribution in [0.4, 0.5) is 0 Å². The Morgan fingerprint density at radius 2 is 2.10 bits per heavy atom. The maximum Gasteiger partial charge on any atom is 0.150 e. The third kappa shape index (κ3) is 0.662. The Bertz CT molecular complexity index is 310. The summed E-state index contributed by atoms with van der Waals surface area (Å²) in [4.78, 5) is 7.90. The lowest BCUT2D eigenvalue weighted by molar-refractivity contribution is 1.33. The van der Waals surface area contributed by atoms with Crippen LogP contribution in [0, 0.1) is 0 Å². The van der Waals surface area contributed by atoms with Gasteiger partial charge >= 0.3 is 0 Å². The van der Waals surface area contributed by atoms with Crippen molar-refractivity contribution < 1.29 is 0 Å². The molecule has 0 bridgehead atoms. The van der Waals surface area contributed by atoms with Crippen LogP contribution < -0.4 is 0 Å². The van der Waals surface area contributed by atoms with Crippen molar-refractivity contribution in [1.29, 1.82) is 0 Å². The van der Waals surface area contributed by atoms with Gasteiger partial charge in [-0.05, 0) is 6.08 Å². The quantitative estimate of drug-likeness (QED) is 0.535. The highest BCUT2D eigenvalue weighted by Gasteiger charge is 2.21. The topological polar surface area (TPSA) is 24.7 Å². The van der Waals surface area contributed by atoms with Crippen molar-refractivity contribution in [3.05, 3.63) is 22.5 Å². The second-order valence-electron chi connectivity index (χ2n) is 1.90. The number of rotatable bonds is 0. The van der Waals surface area contributed by atoms with Crippen molar-refractivity contribution in [2.45, 2.75) is 0 Å². The lowest BCUT2D eigenvalue weighted by Gasteiger charge is -1.86. The van der Waals surface area contributed by atoms with Crippen LogP contribution in [0.2, 0.25) is 0 Å². The summed E-state index contributed by atoms with van der Waals surface area (Å²) >= 11 is 11.3. The van der Waals surface area contributed by atoms with Gasteiger partial charge in [0.05, 0.1) is 5.70 Å². The number of fused-ring (bicyclic) bond motifs is 1. The molecule has 0 spiro atoms. The smallest absolute Gasteiger partial charge is 0.150 e. The lowest BCUT2D eigenvalue weighted by Crippen LogP contribution is -1.80. The number of hydrogen-bond donors (Lipinski definition) is 0. The first-order valence-electron chi connectivity index (χ1n) is 2.68. The fourth-order valence-corrected chi connectivity index (χ4v) is 1.21. The van der Waals surface area contributed by atoms with Gasteiger partial charge in [0, 0.05) is 6.21 Å².